The number of nitrogens with zero attached hydrogens (tertiary/aromatic N) is 4. The third-order valence-corrected chi connectivity index (χ3v) is 3.90. The first-order valence-electron chi connectivity index (χ1n) is 6.66. The number of amides is 1. The molecule has 0 radical (unpaired) electrons. The second-order valence-electron chi connectivity index (χ2n) is 4.71. The maximum absolute atomic E-state index is 12.4. The molecule has 0 saturated heterocycles. The number of rotatable bonds is 4. The van der Waals surface area contributed by atoms with Crippen LogP contribution < -0.4 is 10.9 Å². The summed E-state index contributed by atoms with van der Waals surface area (Å²) < 4.78 is 1.24. The Bertz CT molecular complexity index is 872. The molecule has 7 nitrogen and oxygen atoms in total. The van der Waals surface area contributed by atoms with Crippen molar-refractivity contribution in [2.75, 3.05) is 0 Å². The molecule has 8 heteroatoms. The fourth-order valence-corrected chi connectivity index (χ4v) is 2.73. The molecule has 0 aliphatic rings. The Labute approximate surface area is 129 Å². The molecule has 0 saturated carbocycles. The molecule has 0 aliphatic carbocycles. The zero-order valence-electron chi connectivity index (χ0n) is 11.8. The molecular weight excluding hydrogens is 302 g/mol. The van der Waals surface area contributed by atoms with Crippen LogP contribution in [-0.2, 0) is 17.8 Å². The molecule has 1 aromatic carbocycles. The summed E-state index contributed by atoms with van der Waals surface area (Å²) in [5.41, 5.74) is 1.06. The average Bonchev–Trinajstić information content (AvgIpc) is 2.93. The largest absolute Gasteiger partial charge is 0.350 e. The third-order valence-electron chi connectivity index (χ3n) is 3.00. The van der Waals surface area contributed by atoms with Crippen molar-refractivity contribution in [3.63, 3.8) is 0 Å². The minimum atomic E-state index is -0.279. The van der Waals surface area contributed by atoms with Crippen LogP contribution in [-0.4, -0.2) is 25.7 Å². The number of hydrogen-bond donors (Lipinski definition) is 1. The van der Waals surface area contributed by atoms with Gasteiger partial charge in [-0.1, -0.05) is 41.7 Å². The zero-order chi connectivity index (χ0) is 15.5. The lowest BCUT2D eigenvalue weighted by Gasteiger charge is -1.99. The zero-order valence-corrected chi connectivity index (χ0v) is 12.6. The molecule has 0 atom stereocenters. The van der Waals surface area contributed by atoms with Gasteiger partial charge in [0.05, 0.1) is 6.54 Å². The number of carbonyl (C=O) groups is 1. The van der Waals surface area contributed by atoms with Crippen molar-refractivity contribution in [3.05, 3.63) is 57.0 Å². The molecule has 0 unspecified atom stereocenters. The van der Waals surface area contributed by atoms with Gasteiger partial charge in [-0.25, -0.2) is 0 Å². The Morgan fingerprint density at radius 3 is 2.77 bits per heavy atom. The van der Waals surface area contributed by atoms with Gasteiger partial charge in [0.2, 0.25) is 10.9 Å². The van der Waals surface area contributed by atoms with Gasteiger partial charge in [0.1, 0.15) is 10.7 Å². The van der Waals surface area contributed by atoms with Gasteiger partial charge >= 0.3 is 0 Å². The van der Waals surface area contributed by atoms with E-state index in [-0.39, 0.29) is 18.0 Å². The lowest BCUT2D eigenvalue weighted by molar-refractivity contribution is -0.119. The fourth-order valence-electron chi connectivity index (χ4n) is 1.96. The van der Waals surface area contributed by atoms with Crippen molar-refractivity contribution >= 4 is 22.2 Å². The van der Waals surface area contributed by atoms with E-state index in [1.807, 2.05) is 30.3 Å². The monoisotopic (exact) mass is 315 g/mol. The summed E-state index contributed by atoms with van der Waals surface area (Å²) in [7, 11) is 0. The van der Waals surface area contributed by atoms with E-state index in [9.17, 15) is 9.59 Å². The molecule has 0 fully saturated rings. The van der Waals surface area contributed by atoms with Crippen LogP contribution in [0, 0.1) is 0 Å². The summed E-state index contributed by atoms with van der Waals surface area (Å²) in [4.78, 5) is 23.7. The van der Waals surface area contributed by atoms with Gasteiger partial charge in [-0.15, -0.1) is 10.2 Å². The van der Waals surface area contributed by atoms with Crippen molar-refractivity contribution in [2.24, 2.45) is 0 Å². The Morgan fingerprint density at radius 1 is 1.27 bits per heavy atom. The fraction of sp³-hybridized carbons (Fsp3) is 0.214. The smallest absolute Gasteiger partial charge is 0.297 e. The van der Waals surface area contributed by atoms with Gasteiger partial charge in [-0.2, -0.15) is 9.61 Å². The van der Waals surface area contributed by atoms with Crippen LogP contribution in [0.1, 0.15) is 23.2 Å². The molecule has 2 heterocycles. The second-order valence-corrected chi connectivity index (χ2v) is 5.75. The van der Waals surface area contributed by atoms with Gasteiger partial charge in [0.25, 0.3) is 5.56 Å². The normalized spacial score (nSPS) is 10.8. The molecule has 1 N–H and O–H groups in total. The molecule has 3 aromatic rings. The van der Waals surface area contributed by atoms with Crippen LogP contribution in [0.3, 0.4) is 0 Å². The number of benzene rings is 1. The van der Waals surface area contributed by atoms with Crippen LogP contribution in [0.5, 0.6) is 0 Å². The average molecular weight is 315 g/mol. The molecular formula is C14H13N5O2S. The Morgan fingerprint density at radius 2 is 2.05 bits per heavy atom. The molecule has 3 rings (SSSR count). The molecule has 0 aliphatic heterocycles. The van der Waals surface area contributed by atoms with Crippen molar-refractivity contribution in [1.82, 2.24) is 25.1 Å². The van der Waals surface area contributed by atoms with Crippen molar-refractivity contribution in [1.29, 1.82) is 0 Å². The standard InChI is InChI=1S/C14H13N5O2S/c1-9(20)15-8-12-18-19-13(21)11(16-17-14(19)22-12)7-10-5-3-2-4-6-10/h2-6H,7-8H2,1H3,(H,15,20). The van der Waals surface area contributed by atoms with Crippen molar-refractivity contribution in [3.8, 4) is 0 Å². The predicted molar refractivity (Wildman–Crippen MR) is 81.7 cm³/mol. The number of carbonyl (C=O) groups excluding carboxylic acids is 1. The lowest BCUT2D eigenvalue weighted by Crippen LogP contribution is -2.23. The first-order valence-corrected chi connectivity index (χ1v) is 7.48. The van der Waals surface area contributed by atoms with E-state index < -0.39 is 0 Å². The first kappa shape index (κ1) is 14.3. The van der Waals surface area contributed by atoms with Gasteiger partial charge in [0.15, 0.2) is 0 Å². The van der Waals surface area contributed by atoms with Gasteiger partial charge in [0, 0.05) is 13.3 Å². The van der Waals surface area contributed by atoms with Crippen LogP contribution >= 0.6 is 11.3 Å². The highest BCUT2D eigenvalue weighted by atomic mass is 32.1. The van der Waals surface area contributed by atoms with E-state index in [0.29, 0.717) is 22.1 Å². The van der Waals surface area contributed by atoms with E-state index in [0.717, 1.165) is 5.56 Å². The van der Waals surface area contributed by atoms with E-state index in [1.165, 1.54) is 22.8 Å². The number of hydrogen-bond acceptors (Lipinski definition) is 6. The van der Waals surface area contributed by atoms with E-state index in [1.54, 1.807) is 0 Å². The highest BCUT2D eigenvalue weighted by Crippen LogP contribution is 2.10. The summed E-state index contributed by atoms with van der Waals surface area (Å²) in [6.45, 7) is 1.70. The van der Waals surface area contributed by atoms with Crippen LogP contribution in [0.15, 0.2) is 35.1 Å². The van der Waals surface area contributed by atoms with Gasteiger partial charge in [-0.3, -0.25) is 9.59 Å². The van der Waals surface area contributed by atoms with Crippen LogP contribution in [0.2, 0.25) is 0 Å². The Kier molecular flexibility index (Phi) is 3.92. The summed E-state index contributed by atoms with van der Waals surface area (Å²) in [5.74, 6) is -0.151. The minimum absolute atomic E-state index is 0.151. The summed E-state index contributed by atoms with van der Waals surface area (Å²) in [6, 6.07) is 9.60. The quantitative estimate of drug-likeness (QED) is 0.768. The Balaban J connectivity index is 1.92. The van der Waals surface area contributed by atoms with E-state index >= 15 is 0 Å². The third kappa shape index (κ3) is 3.01. The van der Waals surface area contributed by atoms with Crippen molar-refractivity contribution in [2.45, 2.75) is 19.9 Å². The number of aromatic nitrogens is 4. The molecule has 0 bridgehead atoms. The predicted octanol–water partition coefficient (Wildman–Crippen LogP) is 0.773. The molecule has 0 spiro atoms. The second kappa shape index (κ2) is 6.02. The van der Waals surface area contributed by atoms with E-state index in [2.05, 4.69) is 20.6 Å². The van der Waals surface area contributed by atoms with Crippen LogP contribution in [0.4, 0.5) is 0 Å². The molecule has 112 valence electrons. The maximum atomic E-state index is 12.4. The van der Waals surface area contributed by atoms with Crippen LogP contribution in [0.25, 0.3) is 4.96 Å². The summed E-state index contributed by atoms with van der Waals surface area (Å²) in [6.07, 6.45) is 0.411. The molecule has 1 amide bonds. The lowest BCUT2D eigenvalue weighted by atomic mass is 10.1. The highest BCUT2D eigenvalue weighted by Gasteiger charge is 2.12. The number of nitrogens with one attached hydrogen (secondary N) is 1. The first-order chi connectivity index (χ1) is 10.6. The topological polar surface area (TPSA) is 89.3 Å². The van der Waals surface area contributed by atoms with Crippen molar-refractivity contribution < 1.29 is 4.79 Å². The van der Waals surface area contributed by atoms with Gasteiger partial charge in [-0.05, 0) is 5.56 Å². The summed E-state index contributed by atoms with van der Waals surface area (Å²) in [5, 5.41) is 15.5. The maximum Gasteiger partial charge on any atom is 0.297 e. The molecule has 22 heavy (non-hydrogen) atoms. The molecule has 2 aromatic heterocycles. The number of fused-ring (bicyclic) bond motifs is 1. The highest BCUT2D eigenvalue weighted by molar-refractivity contribution is 7.16. The summed E-state index contributed by atoms with van der Waals surface area (Å²) >= 11 is 1.23. The van der Waals surface area contributed by atoms with Gasteiger partial charge < -0.3 is 5.32 Å². The Hall–Kier alpha value is -2.61. The minimum Gasteiger partial charge on any atom is -0.350 e. The van der Waals surface area contributed by atoms with E-state index in [4.69, 9.17) is 0 Å². The SMILES string of the molecule is CC(=O)NCc1nn2c(=O)c(Cc3ccccc3)nnc2s1.